The number of nitrogens with one attached hydrogen (secondary N) is 4. The maximum Gasteiger partial charge on any atom is 0.262 e. The van der Waals surface area contributed by atoms with Crippen molar-refractivity contribution in [1.82, 2.24) is 35.1 Å². The van der Waals surface area contributed by atoms with E-state index in [2.05, 4.69) is 36.6 Å². The summed E-state index contributed by atoms with van der Waals surface area (Å²) in [5.74, 6) is -2.08. The second-order valence-corrected chi connectivity index (χ2v) is 15.1. The normalized spacial score (nSPS) is 16.9. The van der Waals surface area contributed by atoms with Gasteiger partial charge in [-0.2, -0.15) is 0 Å². The van der Waals surface area contributed by atoms with E-state index in [4.69, 9.17) is 4.74 Å². The maximum absolute atomic E-state index is 13.5. The lowest BCUT2D eigenvalue weighted by atomic mass is 10.0. The molecule has 5 aromatic rings. The molecular weight excluding hydrogens is 785 g/mol. The van der Waals surface area contributed by atoms with Crippen LogP contribution in [-0.4, -0.2) is 96.4 Å². The number of amides is 7. The Morgan fingerprint density at radius 2 is 1.66 bits per heavy atom. The number of piperidine rings is 1. The van der Waals surface area contributed by atoms with Gasteiger partial charge in [-0.1, -0.05) is 17.3 Å². The number of nitrogens with zero attached hydrogens (tertiary/aromatic N) is 6. The summed E-state index contributed by atoms with van der Waals surface area (Å²) < 4.78 is 7.20. The molecule has 2 fully saturated rings. The number of anilines is 3. The molecule has 1 atom stereocenters. The Hall–Kier alpha value is -7.76. The number of rotatable bonds is 13. The quantitative estimate of drug-likeness (QED) is 0.0987. The fourth-order valence-corrected chi connectivity index (χ4v) is 7.49. The number of ether oxygens (including phenoxy) is 1. The second-order valence-electron chi connectivity index (χ2n) is 15.1. The van der Waals surface area contributed by atoms with Crippen molar-refractivity contribution in [2.45, 2.75) is 57.3 Å². The van der Waals surface area contributed by atoms with E-state index in [9.17, 15) is 33.6 Å². The zero-order valence-electron chi connectivity index (χ0n) is 32.6. The average Bonchev–Trinajstić information content (AvgIpc) is 3.95. The van der Waals surface area contributed by atoms with Crippen LogP contribution in [0.5, 0.6) is 5.75 Å². The van der Waals surface area contributed by atoms with Gasteiger partial charge in [-0.15, -0.1) is 5.10 Å². The van der Waals surface area contributed by atoms with Gasteiger partial charge < -0.3 is 25.6 Å². The first-order chi connectivity index (χ1) is 29.6. The maximum atomic E-state index is 13.5. The molecule has 1 unspecified atom stereocenters. The Morgan fingerprint density at radius 1 is 0.852 bits per heavy atom. The van der Waals surface area contributed by atoms with Crippen molar-refractivity contribution in [1.29, 1.82) is 0 Å². The third-order valence-electron chi connectivity index (χ3n) is 10.9. The van der Waals surface area contributed by atoms with Crippen LogP contribution in [-0.2, 0) is 27.5 Å². The molecule has 308 valence electrons. The van der Waals surface area contributed by atoms with E-state index in [1.165, 1.54) is 0 Å². The summed E-state index contributed by atoms with van der Waals surface area (Å²) in [6.45, 7) is 1.35. The fraction of sp³-hybridized carbons (Fsp3) is 0.256. The molecule has 9 rings (SSSR count). The molecule has 0 spiro atoms. The van der Waals surface area contributed by atoms with E-state index in [0.717, 1.165) is 23.3 Å². The largest absolute Gasteiger partial charge is 0.482 e. The first kappa shape index (κ1) is 38.7. The van der Waals surface area contributed by atoms with Crippen molar-refractivity contribution in [2.75, 3.05) is 29.1 Å². The van der Waals surface area contributed by atoms with Gasteiger partial charge >= 0.3 is 0 Å². The third kappa shape index (κ3) is 8.14. The van der Waals surface area contributed by atoms with Gasteiger partial charge in [-0.3, -0.25) is 48.5 Å². The van der Waals surface area contributed by atoms with Crippen LogP contribution in [0.2, 0.25) is 0 Å². The van der Waals surface area contributed by atoms with E-state index < -0.39 is 29.7 Å². The standard InChI is InChI=1S/C43H38N10O8/c54-37-15-13-34(40(57)48-37)53-42(59)30-11-8-28(19-31(30)43(53)60)44-16-1-17-51-22-33(49-50-51)27-7-14-36(45-20-27)47-39(56)25-4-2-24(3-5-25)21-52(29-9-10-29)41(58)26-6-12-32-35(18-26)61-23-38(55)46-32/h2-8,11-12,14,18-20,22,29,34,44H,1,9-10,13,15-17,21,23H2,(H,46,55)(H,45,47,56)(H,48,54,57). The zero-order chi connectivity index (χ0) is 42.2. The first-order valence-corrected chi connectivity index (χ1v) is 19.8. The molecule has 5 heterocycles. The van der Waals surface area contributed by atoms with Crippen molar-refractivity contribution in [3.05, 3.63) is 113 Å². The molecule has 4 N–H and O–H groups in total. The average molecular weight is 823 g/mol. The van der Waals surface area contributed by atoms with Gasteiger partial charge in [-0.05, 0) is 91.9 Å². The summed E-state index contributed by atoms with van der Waals surface area (Å²) in [5.41, 5.74) is 4.69. The zero-order valence-corrected chi connectivity index (χ0v) is 32.6. The molecule has 61 heavy (non-hydrogen) atoms. The number of hydrogen-bond acceptors (Lipinski definition) is 12. The van der Waals surface area contributed by atoms with Crippen LogP contribution >= 0.6 is 0 Å². The van der Waals surface area contributed by atoms with E-state index >= 15 is 0 Å². The van der Waals surface area contributed by atoms with Gasteiger partial charge in [0, 0.05) is 60.7 Å². The Balaban J connectivity index is 0.743. The lowest BCUT2D eigenvalue weighted by Gasteiger charge is -2.27. The van der Waals surface area contributed by atoms with Crippen LogP contribution in [0.3, 0.4) is 0 Å². The molecule has 18 heteroatoms. The summed E-state index contributed by atoms with van der Waals surface area (Å²) in [6, 6.07) is 19.6. The monoisotopic (exact) mass is 822 g/mol. The summed E-state index contributed by atoms with van der Waals surface area (Å²) >= 11 is 0. The highest BCUT2D eigenvalue weighted by Gasteiger charge is 2.44. The number of pyridine rings is 1. The summed E-state index contributed by atoms with van der Waals surface area (Å²) in [5, 5.41) is 19.5. The predicted molar refractivity (Wildman–Crippen MR) is 217 cm³/mol. The third-order valence-corrected chi connectivity index (χ3v) is 10.9. The molecule has 0 bridgehead atoms. The highest BCUT2D eigenvalue weighted by Crippen LogP contribution is 2.34. The summed E-state index contributed by atoms with van der Waals surface area (Å²) in [4.78, 5) is 95.4. The van der Waals surface area contributed by atoms with Gasteiger partial charge in [0.1, 0.15) is 23.3 Å². The number of hydrogen-bond donors (Lipinski definition) is 4. The van der Waals surface area contributed by atoms with Crippen LogP contribution in [0.15, 0.2) is 85.2 Å². The highest BCUT2D eigenvalue weighted by molar-refractivity contribution is 6.23. The summed E-state index contributed by atoms with van der Waals surface area (Å²) in [6.07, 6.45) is 6.03. The van der Waals surface area contributed by atoms with Gasteiger partial charge in [0.25, 0.3) is 29.5 Å². The van der Waals surface area contributed by atoms with Crippen LogP contribution < -0.4 is 26.0 Å². The summed E-state index contributed by atoms with van der Waals surface area (Å²) in [7, 11) is 0. The lowest BCUT2D eigenvalue weighted by Crippen LogP contribution is -2.54. The minimum Gasteiger partial charge on any atom is -0.482 e. The number of aromatic nitrogens is 4. The minimum atomic E-state index is -1.02. The van der Waals surface area contributed by atoms with Crippen molar-refractivity contribution >= 4 is 58.5 Å². The molecule has 3 aromatic carbocycles. The van der Waals surface area contributed by atoms with Crippen LogP contribution in [0.1, 0.15) is 79.1 Å². The molecule has 1 saturated carbocycles. The van der Waals surface area contributed by atoms with Crippen LogP contribution in [0.25, 0.3) is 11.3 Å². The fourth-order valence-electron chi connectivity index (χ4n) is 7.49. The number of fused-ring (bicyclic) bond motifs is 2. The van der Waals surface area contributed by atoms with Crippen LogP contribution in [0, 0.1) is 0 Å². The van der Waals surface area contributed by atoms with Crippen molar-refractivity contribution in [3.63, 3.8) is 0 Å². The molecule has 1 saturated heterocycles. The molecular formula is C43H38N10O8. The van der Waals surface area contributed by atoms with E-state index in [1.807, 2.05) is 17.0 Å². The number of imide groups is 2. The molecule has 0 radical (unpaired) electrons. The van der Waals surface area contributed by atoms with Gasteiger partial charge in [0.05, 0.1) is 23.0 Å². The number of aryl methyl sites for hydroxylation is 1. The molecule has 7 amide bonds. The second kappa shape index (κ2) is 16.1. The Kier molecular flexibility index (Phi) is 10.2. The smallest absolute Gasteiger partial charge is 0.262 e. The predicted octanol–water partition coefficient (Wildman–Crippen LogP) is 3.63. The Labute approximate surface area is 347 Å². The van der Waals surface area contributed by atoms with E-state index in [1.54, 1.807) is 77.7 Å². The van der Waals surface area contributed by atoms with Crippen LogP contribution in [0.4, 0.5) is 17.2 Å². The SMILES string of the molecule is O=C1CCC(N2C(=O)c3ccc(NCCCn4cc(-c5ccc(NC(=O)c6ccc(CN(C(=O)c7ccc8c(c7)OCC(=O)N8)C7CC7)cc6)nc5)nn4)cc3C2=O)C(=O)N1. The first-order valence-electron chi connectivity index (χ1n) is 19.8. The topological polar surface area (TPSA) is 227 Å². The molecule has 2 aromatic heterocycles. The molecule has 4 aliphatic rings. The lowest BCUT2D eigenvalue weighted by molar-refractivity contribution is -0.136. The molecule has 3 aliphatic heterocycles. The highest BCUT2D eigenvalue weighted by atomic mass is 16.5. The molecule has 1 aliphatic carbocycles. The number of carbonyl (C=O) groups is 7. The number of carbonyl (C=O) groups excluding carboxylic acids is 7. The number of benzene rings is 3. The Bertz CT molecular complexity index is 2620. The molecule has 18 nitrogen and oxygen atoms in total. The van der Waals surface area contributed by atoms with Gasteiger partial charge in [-0.25, -0.2) is 4.98 Å². The van der Waals surface area contributed by atoms with Crippen molar-refractivity contribution in [3.8, 4) is 17.0 Å². The van der Waals surface area contributed by atoms with E-state index in [-0.39, 0.29) is 54.3 Å². The Morgan fingerprint density at radius 3 is 2.43 bits per heavy atom. The minimum absolute atomic E-state index is 0.0550. The van der Waals surface area contributed by atoms with Crippen molar-refractivity contribution in [2.24, 2.45) is 0 Å². The van der Waals surface area contributed by atoms with E-state index in [0.29, 0.717) is 71.4 Å². The van der Waals surface area contributed by atoms with Gasteiger partial charge in [0.15, 0.2) is 6.61 Å². The van der Waals surface area contributed by atoms with Crippen molar-refractivity contribution < 1.29 is 38.3 Å². The van der Waals surface area contributed by atoms with Gasteiger partial charge in [0.2, 0.25) is 11.8 Å².